The highest BCUT2D eigenvalue weighted by molar-refractivity contribution is 6.35. The van der Waals surface area contributed by atoms with Crippen LogP contribution < -0.4 is 5.32 Å². The molecule has 1 atom stereocenters. The number of rotatable bonds is 5. The SMILES string of the molecule is OC[C@H]1CCCCN1CCNc1cc(Cl)c2cc[nH]c2n1. The Labute approximate surface area is 129 Å². The number of piperidine rings is 1. The summed E-state index contributed by atoms with van der Waals surface area (Å²) in [6, 6.07) is 4.09. The maximum absolute atomic E-state index is 9.41. The van der Waals surface area contributed by atoms with E-state index in [2.05, 4.69) is 20.2 Å². The van der Waals surface area contributed by atoms with Crippen LogP contribution in [0.2, 0.25) is 5.02 Å². The van der Waals surface area contributed by atoms with Crippen molar-refractivity contribution in [3.63, 3.8) is 0 Å². The van der Waals surface area contributed by atoms with Crippen molar-refractivity contribution < 1.29 is 5.11 Å². The fraction of sp³-hybridized carbons (Fsp3) is 0.533. The first kappa shape index (κ1) is 14.6. The van der Waals surface area contributed by atoms with Gasteiger partial charge in [0.15, 0.2) is 0 Å². The predicted molar refractivity (Wildman–Crippen MR) is 85.9 cm³/mol. The Morgan fingerprint density at radius 1 is 1.48 bits per heavy atom. The van der Waals surface area contributed by atoms with E-state index in [1.54, 1.807) is 0 Å². The first-order valence-corrected chi connectivity index (χ1v) is 7.88. The third-order valence-electron chi connectivity index (χ3n) is 4.14. The van der Waals surface area contributed by atoms with Gasteiger partial charge in [-0.05, 0) is 31.5 Å². The number of H-pyrrole nitrogens is 1. The molecule has 3 rings (SSSR count). The van der Waals surface area contributed by atoms with E-state index in [0.717, 1.165) is 42.9 Å². The molecule has 6 heteroatoms. The average Bonchev–Trinajstić information content (AvgIpc) is 2.97. The quantitative estimate of drug-likeness (QED) is 0.794. The lowest BCUT2D eigenvalue weighted by Crippen LogP contribution is -2.44. The zero-order valence-electron chi connectivity index (χ0n) is 12.0. The van der Waals surface area contributed by atoms with Crippen LogP contribution >= 0.6 is 11.6 Å². The number of pyridine rings is 1. The smallest absolute Gasteiger partial charge is 0.141 e. The van der Waals surface area contributed by atoms with Gasteiger partial charge < -0.3 is 15.4 Å². The minimum atomic E-state index is 0.249. The van der Waals surface area contributed by atoms with Crippen LogP contribution in [0.5, 0.6) is 0 Å². The number of aliphatic hydroxyl groups is 1. The predicted octanol–water partition coefficient (Wildman–Crippen LogP) is 2.47. The number of aliphatic hydroxyl groups excluding tert-OH is 1. The van der Waals surface area contributed by atoms with Gasteiger partial charge >= 0.3 is 0 Å². The van der Waals surface area contributed by atoms with Crippen LogP contribution in [0.1, 0.15) is 19.3 Å². The van der Waals surface area contributed by atoms with Gasteiger partial charge in [-0.15, -0.1) is 0 Å². The molecule has 0 unspecified atom stereocenters. The molecular weight excluding hydrogens is 288 g/mol. The maximum atomic E-state index is 9.41. The van der Waals surface area contributed by atoms with Crippen molar-refractivity contribution in [2.45, 2.75) is 25.3 Å². The molecule has 0 amide bonds. The molecule has 0 saturated carbocycles. The summed E-state index contributed by atoms with van der Waals surface area (Å²) in [6.07, 6.45) is 5.37. The maximum Gasteiger partial charge on any atom is 0.141 e. The monoisotopic (exact) mass is 308 g/mol. The van der Waals surface area contributed by atoms with Gasteiger partial charge in [0.2, 0.25) is 0 Å². The van der Waals surface area contributed by atoms with E-state index in [1.165, 1.54) is 12.8 Å². The van der Waals surface area contributed by atoms with Gasteiger partial charge in [0.1, 0.15) is 11.5 Å². The van der Waals surface area contributed by atoms with Gasteiger partial charge in [0, 0.05) is 30.7 Å². The number of hydrogen-bond donors (Lipinski definition) is 3. The van der Waals surface area contributed by atoms with Crippen LogP contribution in [0.3, 0.4) is 0 Å². The second-order valence-electron chi connectivity index (χ2n) is 5.52. The Kier molecular flexibility index (Phi) is 4.63. The van der Waals surface area contributed by atoms with E-state index in [1.807, 2.05) is 18.3 Å². The number of hydrogen-bond acceptors (Lipinski definition) is 4. The topological polar surface area (TPSA) is 64.2 Å². The molecule has 0 radical (unpaired) electrons. The Bertz CT molecular complexity index is 600. The number of nitrogens with one attached hydrogen (secondary N) is 2. The average molecular weight is 309 g/mol. The highest BCUT2D eigenvalue weighted by Crippen LogP contribution is 2.24. The van der Waals surface area contributed by atoms with Crippen molar-refractivity contribution in [3.05, 3.63) is 23.4 Å². The fourth-order valence-electron chi connectivity index (χ4n) is 2.98. The van der Waals surface area contributed by atoms with E-state index >= 15 is 0 Å². The second kappa shape index (κ2) is 6.64. The largest absolute Gasteiger partial charge is 0.395 e. The van der Waals surface area contributed by atoms with Crippen LogP contribution in [0.4, 0.5) is 5.82 Å². The zero-order valence-corrected chi connectivity index (χ0v) is 12.7. The van der Waals surface area contributed by atoms with E-state index in [4.69, 9.17) is 11.6 Å². The van der Waals surface area contributed by atoms with Crippen molar-refractivity contribution in [1.29, 1.82) is 0 Å². The van der Waals surface area contributed by atoms with Gasteiger partial charge in [0.25, 0.3) is 0 Å². The minimum absolute atomic E-state index is 0.249. The van der Waals surface area contributed by atoms with Gasteiger partial charge in [0.05, 0.1) is 11.6 Å². The van der Waals surface area contributed by atoms with Gasteiger partial charge in [-0.1, -0.05) is 18.0 Å². The van der Waals surface area contributed by atoms with Gasteiger partial charge in [-0.2, -0.15) is 0 Å². The third-order valence-corrected chi connectivity index (χ3v) is 4.46. The third kappa shape index (κ3) is 3.31. The highest BCUT2D eigenvalue weighted by atomic mass is 35.5. The van der Waals surface area contributed by atoms with Crippen molar-refractivity contribution >= 4 is 28.5 Å². The second-order valence-corrected chi connectivity index (χ2v) is 5.93. The molecule has 5 nitrogen and oxygen atoms in total. The van der Waals surface area contributed by atoms with Crippen molar-refractivity contribution in [2.75, 3.05) is 31.6 Å². The van der Waals surface area contributed by atoms with Crippen molar-refractivity contribution in [1.82, 2.24) is 14.9 Å². The summed E-state index contributed by atoms with van der Waals surface area (Å²) in [5.74, 6) is 0.785. The molecule has 0 aliphatic carbocycles. The molecule has 21 heavy (non-hydrogen) atoms. The van der Waals surface area contributed by atoms with Crippen LogP contribution in [-0.2, 0) is 0 Å². The molecule has 3 N–H and O–H groups in total. The number of aromatic amines is 1. The van der Waals surface area contributed by atoms with E-state index in [0.29, 0.717) is 11.1 Å². The Morgan fingerprint density at radius 2 is 2.38 bits per heavy atom. The lowest BCUT2D eigenvalue weighted by Gasteiger charge is -2.34. The normalized spacial score (nSPS) is 20.0. The molecule has 114 valence electrons. The lowest BCUT2D eigenvalue weighted by atomic mass is 10.0. The Hall–Kier alpha value is -1.30. The number of nitrogens with zero attached hydrogens (tertiary/aromatic N) is 2. The number of anilines is 1. The van der Waals surface area contributed by atoms with E-state index in [-0.39, 0.29) is 6.61 Å². The van der Waals surface area contributed by atoms with Crippen LogP contribution in [0.15, 0.2) is 18.3 Å². The molecule has 1 fully saturated rings. The summed E-state index contributed by atoms with van der Waals surface area (Å²) in [5, 5.41) is 14.4. The fourth-order valence-corrected chi connectivity index (χ4v) is 3.23. The summed E-state index contributed by atoms with van der Waals surface area (Å²) in [4.78, 5) is 9.93. The van der Waals surface area contributed by atoms with Crippen molar-refractivity contribution in [2.24, 2.45) is 0 Å². The summed E-state index contributed by atoms with van der Waals surface area (Å²) < 4.78 is 0. The Balaban J connectivity index is 1.58. The van der Waals surface area contributed by atoms with E-state index in [9.17, 15) is 5.11 Å². The van der Waals surface area contributed by atoms with E-state index < -0.39 is 0 Å². The lowest BCUT2D eigenvalue weighted by molar-refractivity contribution is 0.0940. The molecule has 0 spiro atoms. The molecule has 2 aromatic rings. The molecule has 0 aromatic carbocycles. The number of fused-ring (bicyclic) bond motifs is 1. The molecule has 1 aliphatic rings. The number of likely N-dealkylation sites (tertiary alicyclic amines) is 1. The van der Waals surface area contributed by atoms with Gasteiger partial charge in [-0.25, -0.2) is 4.98 Å². The highest BCUT2D eigenvalue weighted by Gasteiger charge is 2.20. The number of aromatic nitrogens is 2. The summed E-state index contributed by atoms with van der Waals surface area (Å²) in [5.41, 5.74) is 0.802. The molecular formula is C15H21ClN4O. The first-order valence-electron chi connectivity index (χ1n) is 7.50. The molecule has 3 heterocycles. The van der Waals surface area contributed by atoms with Crippen molar-refractivity contribution in [3.8, 4) is 0 Å². The minimum Gasteiger partial charge on any atom is -0.395 e. The summed E-state index contributed by atoms with van der Waals surface area (Å²) in [7, 11) is 0. The van der Waals surface area contributed by atoms with Crippen LogP contribution in [0.25, 0.3) is 11.0 Å². The van der Waals surface area contributed by atoms with Crippen LogP contribution in [0, 0.1) is 0 Å². The molecule has 2 aromatic heterocycles. The standard InChI is InChI=1S/C15H21ClN4O/c16-13-9-14(19-15-12(13)4-5-18-15)17-6-8-20-7-2-1-3-11(20)10-21/h4-5,9,11,21H,1-3,6-8,10H2,(H2,17,18,19)/t11-/m1/s1. The zero-order chi connectivity index (χ0) is 14.7. The van der Waals surface area contributed by atoms with Crippen LogP contribution in [-0.4, -0.2) is 52.3 Å². The summed E-state index contributed by atoms with van der Waals surface area (Å²) >= 11 is 6.23. The summed E-state index contributed by atoms with van der Waals surface area (Å²) in [6.45, 7) is 3.02. The Morgan fingerprint density at radius 3 is 3.24 bits per heavy atom. The molecule has 1 saturated heterocycles. The molecule has 1 aliphatic heterocycles. The number of halogens is 1. The first-order chi connectivity index (χ1) is 10.3. The van der Waals surface area contributed by atoms with Gasteiger partial charge in [-0.3, -0.25) is 4.90 Å². The molecule has 0 bridgehead atoms.